The minimum Gasteiger partial charge on any atom is -0.490 e. The van der Waals surface area contributed by atoms with Gasteiger partial charge in [-0.2, -0.15) is 0 Å². The summed E-state index contributed by atoms with van der Waals surface area (Å²) < 4.78 is 24.1. The van der Waals surface area contributed by atoms with Gasteiger partial charge in [0, 0.05) is 26.2 Å². The van der Waals surface area contributed by atoms with Crippen LogP contribution < -0.4 is 10.1 Å². The average Bonchev–Trinajstić information content (AvgIpc) is 2.46. The van der Waals surface area contributed by atoms with Gasteiger partial charge in [0.15, 0.2) is 11.6 Å². The van der Waals surface area contributed by atoms with Crippen molar-refractivity contribution < 1.29 is 18.7 Å². The van der Waals surface area contributed by atoms with Crippen LogP contribution in [-0.2, 0) is 16.0 Å². The van der Waals surface area contributed by atoms with Gasteiger partial charge in [-0.3, -0.25) is 4.79 Å². The van der Waals surface area contributed by atoms with Crippen molar-refractivity contribution in [2.75, 3.05) is 20.3 Å². The summed E-state index contributed by atoms with van der Waals surface area (Å²) in [7, 11) is 1.62. The lowest BCUT2D eigenvalue weighted by atomic mass is 9.96. The van der Waals surface area contributed by atoms with Crippen LogP contribution in [0.2, 0.25) is 0 Å². The molecule has 0 saturated heterocycles. The first-order chi connectivity index (χ1) is 10.1. The van der Waals surface area contributed by atoms with Crippen molar-refractivity contribution in [1.29, 1.82) is 0 Å². The molecule has 0 radical (unpaired) electrons. The van der Waals surface area contributed by atoms with E-state index in [2.05, 4.69) is 5.32 Å². The highest BCUT2D eigenvalue weighted by molar-refractivity contribution is 5.47. The first-order valence-corrected chi connectivity index (χ1v) is 7.18. The molecule has 1 atom stereocenters. The van der Waals surface area contributed by atoms with Crippen molar-refractivity contribution in [3.05, 3.63) is 29.6 Å². The fraction of sp³-hybridized carbons (Fsp3) is 0.562. The van der Waals surface area contributed by atoms with Gasteiger partial charge in [0.25, 0.3) is 0 Å². The summed E-state index contributed by atoms with van der Waals surface area (Å²) in [6, 6.07) is 4.84. The molecule has 0 spiro atoms. The van der Waals surface area contributed by atoms with E-state index in [1.165, 1.54) is 6.07 Å². The molecule has 0 saturated carbocycles. The van der Waals surface area contributed by atoms with Crippen LogP contribution in [0.3, 0.4) is 0 Å². The topological polar surface area (TPSA) is 47.6 Å². The zero-order valence-electron chi connectivity index (χ0n) is 12.9. The Bertz CT molecular complexity index is 438. The van der Waals surface area contributed by atoms with Gasteiger partial charge in [-0.15, -0.1) is 0 Å². The molecule has 4 nitrogen and oxygen atoms in total. The van der Waals surface area contributed by atoms with Crippen molar-refractivity contribution in [2.24, 2.45) is 5.92 Å². The number of carbonyl (C=O) groups is 1. The maximum absolute atomic E-state index is 13.7. The predicted octanol–water partition coefficient (Wildman–Crippen LogP) is 2.55. The monoisotopic (exact) mass is 297 g/mol. The smallest absolute Gasteiger partial charge is 0.207 e. The number of benzene rings is 1. The van der Waals surface area contributed by atoms with E-state index in [1.807, 2.05) is 13.8 Å². The minimum absolute atomic E-state index is 0.0225. The Labute approximate surface area is 125 Å². The second-order valence-electron chi connectivity index (χ2n) is 5.30. The Morgan fingerprint density at radius 1 is 1.33 bits per heavy atom. The third kappa shape index (κ3) is 6.12. The molecule has 5 heteroatoms. The number of rotatable bonds is 10. The molecule has 1 rings (SSSR count). The van der Waals surface area contributed by atoms with E-state index in [0.717, 1.165) is 5.56 Å². The van der Waals surface area contributed by atoms with Gasteiger partial charge in [-0.1, -0.05) is 19.9 Å². The Hall–Kier alpha value is -1.62. The molecule has 1 unspecified atom stereocenters. The molecule has 0 aliphatic heterocycles. The fourth-order valence-electron chi connectivity index (χ4n) is 2.00. The number of carbonyl (C=O) groups excluding carboxylic acids is 1. The lowest BCUT2D eigenvalue weighted by molar-refractivity contribution is -0.110. The molecule has 1 N–H and O–H groups in total. The maximum Gasteiger partial charge on any atom is 0.207 e. The number of nitrogens with one attached hydrogen (secondary N) is 1. The van der Waals surface area contributed by atoms with Gasteiger partial charge < -0.3 is 14.8 Å². The second-order valence-corrected chi connectivity index (χ2v) is 5.30. The summed E-state index contributed by atoms with van der Waals surface area (Å²) in [5, 5.41) is 2.79. The second kappa shape index (κ2) is 9.34. The van der Waals surface area contributed by atoms with E-state index < -0.39 is 0 Å². The normalized spacial score (nSPS) is 12.2. The summed E-state index contributed by atoms with van der Waals surface area (Å²) in [5.74, 6) is 0.171. The highest BCUT2D eigenvalue weighted by Gasteiger charge is 2.14. The molecule has 0 aromatic heterocycles. The summed E-state index contributed by atoms with van der Waals surface area (Å²) in [6.45, 7) is 5.06. The van der Waals surface area contributed by atoms with Crippen molar-refractivity contribution >= 4 is 6.41 Å². The van der Waals surface area contributed by atoms with Crippen LogP contribution >= 0.6 is 0 Å². The molecule has 0 aliphatic rings. The van der Waals surface area contributed by atoms with E-state index in [1.54, 1.807) is 19.2 Å². The highest BCUT2D eigenvalue weighted by atomic mass is 19.1. The average molecular weight is 297 g/mol. The molecular formula is C16H24FNO3. The number of hydrogen-bond acceptors (Lipinski definition) is 3. The number of ether oxygens (including phenoxy) is 2. The van der Waals surface area contributed by atoms with E-state index in [0.29, 0.717) is 38.4 Å². The van der Waals surface area contributed by atoms with Gasteiger partial charge >= 0.3 is 0 Å². The molecule has 0 heterocycles. The van der Waals surface area contributed by atoms with Crippen molar-refractivity contribution in [1.82, 2.24) is 5.32 Å². The van der Waals surface area contributed by atoms with Crippen molar-refractivity contribution in [3.63, 3.8) is 0 Å². The quantitative estimate of drug-likeness (QED) is 0.533. The molecule has 1 aromatic rings. The maximum atomic E-state index is 13.7. The molecule has 118 valence electrons. The molecule has 0 fully saturated rings. The van der Waals surface area contributed by atoms with Crippen LogP contribution in [0.15, 0.2) is 18.2 Å². The Kier molecular flexibility index (Phi) is 7.75. The largest absolute Gasteiger partial charge is 0.490 e. The van der Waals surface area contributed by atoms with Gasteiger partial charge in [0.05, 0.1) is 6.61 Å². The van der Waals surface area contributed by atoms with E-state index >= 15 is 0 Å². The number of halogens is 1. The molecule has 1 amide bonds. The first kappa shape index (κ1) is 17.4. The third-order valence-electron chi connectivity index (χ3n) is 3.29. The minimum atomic E-state index is -0.374. The fourth-order valence-corrected chi connectivity index (χ4v) is 2.00. The van der Waals surface area contributed by atoms with Gasteiger partial charge in [-0.05, 0) is 30.0 Å². The van der Waals surface area contributed by atoms with E-state index in [-0.39, 0.29) is 17.6 Å². The van der Waals surface area contributed by atoms with Crippen LogP contribution in [0.5, 0.6) is 5.75 Å². The molecule has 1 aromatic carbocycles. The van der Waals surface area contributed by atoms with E-state index in [4.69, 9.17) is 9.47 Å². The third-order valence-corrected chi connectivity index (χ3v) is 3.29. The lowest BCUT2D eigenvalue weighted by Crippen LogP contribution is -2.34. The van der Waals surface area contributed by atoms with Crippen LogP contribution in [0.4, 0.5) is 4.39 Å². The molecule has 0 bridgehead atoms. The number of amides is 1. The summed E-state index contributed by atoms with van der Waals surface area (Å²) >= 11 is 0. The van der Waals surface area contributed by atoms with Gasteiger partial charge in [-0.25, -0.2) is 4.39 Å². The van der Waals surface area contributed by atoms with Gasteiger partial charge in [0.2, 0.25) is 6.41 Å². The molecular weight excluding hydrogens is 273 g/mol. The summed E-state index contributed by atoms with van der Waals surface area (Å²) in [6.07, 6.45) is 2.06. The molecule has 21 heavy (non-hydrogen) atoms. The first-order valence-electron chi connectivity index (χ1n) is 7.18. The standard InChI is InChI=1S/C16H24FNO3/c1-12(2)15(18-11-19)9-13-5-6-14(17)16(10-13)21-8-4-7-20-3/h5-6,10-12,15H,4,7-9H2,1-3H3,(H,18,19). The lowest BCUT2D eigenvalue weighted by Gasteiger charge is -2.20. The van der Waals surface area contributed by atoms with Crippen LogP contribution in [0, 0.1) is 11.7 Å². The zero-order valence-corrected chi connectivity index (χ0v) is 12.9. The zero-order chi connectivity index (χ0) is 15.7. The Morgan fingerprint density at radius 3 is 2.71 bits per heavy atom. The van der Waals surface area contributed by atoms with Crippen molar-refractivity contribution in [2.45, 2.75) is 32.7 Å². The summed E-state index contributed by atoms with van der Waals surface area (Å²) in [4.78, 5) is 10.6. The van der Waals surface area contributed by atoms with Crippen LogP contribution in [-0.4, -0.2) is 32.8 Å². The van der Waals surface area contributed by atoms with Crippen LogP contribution in [0.1, 0.15) is 25.8 Å². The highest BCUT2D eigenvalue weighted by Crippen LogP contribution is 2.21. The number of methoxy groups -OCH3 is 1. The Morgan fingerprint density at radius 2 is 2.10 bits per heavy atom. The van der Waals surface area contributed by atoms with E-state index in [9.17, 15) is 9.18 Å². The SMILES string of the molecule is COCCCOc1cc(CC(NC=O)C(C)C)ccc1F. The Balaban J connectivity index is 2.68. The van der Waals surface area contributed by atoms with Gasteiger partial charge in [0.1, 0.15) is 0 Å². The predicted molar refractivity (Wildman–Crippen MR) is 79.9 cm³/mol. The molecule has 0 aliphatic carbocycles. The number of hydrogen-bond donors (Lipinski definition) is 1. The van der Waals surface area contributed by atoms with Crippen molar-refractivity contribution in [3.8, 4) is 5.75 Å². The van der Waals surface area contributed by atoms with Crippen LogP contribution in [0.25, 0.3) is 0 Å². The summed E-state index contributed by atoms with van der Waals surface area (Å²) in [5.41, 5.74) is 0.936.